The third-order valence-electron chi connectivity index (χ3n) is 4.55. The molecule has 0 spiro atoms. The molecule has 150 valence electrons. The molecule has 3 rings (SSSR count). The zero-order chi connectivity index (χ0) is 20.3. The molecule has 1 fully saturated rings. The Labute approximate surface area is 176 Å². The number of benzene rings is 2. The molecule has 0 bridgehead atoms. The highest BCUT2D eigenvalue weighted by molar-refractivity contribution is 6.35. The van der Waals surface area contributed by atoms with Crippen molar-refractivity contribution in [3.05, 3.63) is 63.6 Å². The monoisotopic (exact) mass is 421 g/mol. The summed E-state index contributed by atoms with van der Waals surface area (Å²) < 4.78 is 11.3. The zero-order valence-electron chi connectivity index (χ0n) is 16.4. The molecule has 2 aromatic carbocycles. The first-order valence-electron chi connectivity index (χ1n) is 9.36. The highest BCUT2D eigenvalue weighted by Gasteiger charge is 2.30. The number of hydrogen-bond donors (Lipinski definition) is 0. The van der Waals surface area contributed by atoms with Crippen LogP contribution >= 0.6 is 23.2 Å². The van der Waals surface area contributed by atoms with Gasteiger partial charge in [-0.1, -0.05) is 47.5 Å². The molecule has 1 aliphatic heterocycles. The van der Waals surface area contributed by atoms with Crippen LogP contribution in [0.3, 0.4) is 0 Å². The first-order chi connectivity index (χ1) is 13.2. The van der Waals surface area contributed by atoms with Gasteiger partial charge in [0, 0.05) is 24.0 Å². The summed E-state index contributed by atoms with van der Waals surface area (Å²) in [5.41, 5.74) is 1.78. The van der Waals surface area contributed by atoms with Crippen LogP contribution in [0.2, 0.25) is 10.0 Å². The number of rotatable bonds is 4. The van der Waals surface area contributed by atoms with Crippen LogP contribution in [-0.4, -0.2) is 29.7 Å². The van der Waals surface area contributed by atoms with Gasteiger partial charge in [-0.05, 0) is 56.5 Å². The van der Waals surface area contributed by atoms with Crippen LogP contribution in [0.4, 0.5) is 4.79 Å². The molecule has 1 aliphatic rings. The van der Waals surface area contributed by atoms with Gasteiger partial charge in [0.25, 0.3) is 0 Å². The molecule has 0 N–H and O–H groups in total. The van der Waals surface area contributed by atoms with E-state index in [1.807, 2.05) is 32.9 Å². The molecule has 28 heavy (non-hydrogen) atoms. The number of halogens is 2. The summed E-state index contributed by atoms with van der Waals surface area (Å²) in [7, 11) is 0. The summed E-state index contributed by atoms with van der Waals surface area (Å²) in [6.45, 7) is 7.44. The molecule has 1 saturated heterocycles. The van der Waals surface area contributed by atoms with Gasteiger partial charge >= 0.3 is 6.09 Å². The predicted octanol–water partition coefficient (Wildman–Crippen LogP) is 6.30. The van der Waals surface area contributed by atoms with Crippen molar-refractivity contribution >= 4 is 29.3 Å². The minimum absolute atomic E-state index is 0.244. The van der Waals surface area contributed by atoms with Crippen molar-refractivity contribution in [3.8, 4) is 5.75 Å². The third kappa shape index (κ3) is 5.55. The van der Waals surface area contributed by atoms with E-state index >= 15 is 0 Å². The molecular weight excluding hydrogens is 397 g/mol. The molecule has 4 nitrogen and oxygen atoms in total. The Bertz CT molecular complexity index is 848. The van der Waals surface area contributed by atoms with E-state index in [1.54, 1.807) is 23.1 Å². The lowest BCUT2D eigenvalue weighted by atomic mass is 9.97. The van der Waals surface area contributed by atoms with Crippen molar-refractivity contribution in [2.24, 2.45) is 0 Å². The topological polar surface area (TPSA) is 38.8 Å². The highest BCUT2D eigenvalue weighted by atomic mass is 35.5. The van der Waals surface area contributed by atoms with Gasteiger partial charge in [-0.2, -0.15) is 0 Å². The minimum atomic E-state index is -0.477. The standard InChI is InChI=1S/C22H25Cl2NO3/c1-22(2,3)28-21(26)25-10-9-17(13-25)16-6-4-5-15(11-16)14-27-20-8-7-18(23)12-19(20)24/h4-8,11-12,17H,9-10,13-14H2,1-3H3/t17-/m0/s1. The van der Waals surface area contributed by atoms with Crippen molar-refractivity contribution in [3.63, 3.8) is 0 Å². The Hall–Kier alpha value is -1.91. The van der Waals surface area contributed by atoms with Crippen molar-refractivity contribution in [2.45, 2.75) is 45.3 Å². The maximum Gasteiger partial charge on any atom is 0.410 e. The lowest BCUT2D eigenvalue weighted by Gasteiger charge is -2.24. The first-order valence-corrected chi connectivity index (χ1v) is 10.1. The molecule has 0 aromatic heterocycles. The number of likely N-dealkylation sites (tertiary alicyclic amines) is 1. The smallest absolute Gasteiger partial charge is 0.410 e. The van der Waals surface area contributed by atoms with Gasteiger partial charge in [-0.25, -0.2) is 4.79 Å². The van der Waals surface area contributed by atoms with E-state index in [0.29, 0.717) is 41.4 Å². The summed E-state index contributed by atoms with van der Waals surface area (Å²) in [5, 5.41) is 1.07. The maximum atomic E-state index is 12.3. The van der Waals surface area contributed by atoms with Crippen LogP contribution in [-0.2, 0) is 11.3 Å². The van der Waals surface area contributed by atoms with Gasteiger partial charge in [-0.3, -0.25) is 0 Å². The number of nitrogens with zero attached hydrogens (tertiary/aromatic N) is 1. The second kappa shape index (κ2) is 8.62. The first kappa shape index (κ1) is 20.8. The summed E-state index contributed by atoms with van der Waals surface area (Å²) in [6, 6.07) is 13.5. The fourth-order valence-electron chi connectivity index (χ4n) is 3.21. The van der Waals surface area contributed by atoms with Crippen molar-refractivity contribution < 1.29 is 14.3 Å². The summed E-state index contributed by atoms with van der Waals surface area (Å²) in [5.74, 6) is 0.903. The van der Waals surface area contributed by atoms with E-state index in [4.69, 9.17) is 32.7 Å². The van der Waals surface area contributed by atoms with Crippen molar-refractivity contribution in [1.82, 2.24) is 4.90 Å². The average molecular weight is 422 g/mol. The fraction of sp³-hybridized carbons (Fsp3) is 0.409. The molecule has 0 radical (unpaired) electrons. The molecular formula is C22H25Cl2NO3. The van der Waals surface area contributed by atoms with Gasteiger partial charge in [0.2, 0.25) is 0 Å². The summed E-state index contributed by atoms with van der Waals surface area (Å²) >= 11 is 12.1. The number of carbonyl (C=O) groups excluding carboxylic acids is 1. The van der Waals surface area contributed by atoms with Crippen LogP contribution in [0, 0.1) is 0 Å². The van der Waals surface area contributed by atoms with Gasteiger partial charge in [0.05, 0.1) is 5.02 Å². The van der Waals surface area contributed by atoms with Crippen molar-refractivity contribution in [1.29, 1.82) is 0 Å². The Kier molecular flexibility index (Phi) is 6.41. The molecule has 2 aromatic rings. The fourth-order valence-corrected chi connectivity index (χ4v) is 3.68. The quantitative estimate of drug-likeness (QED) is 0.581. The molecule has 1 heterocycles. The van der Waals surface area contributed by atoms with E-state index in [-0.39, 0.29) is 6.09 Å². The lowest BCUT2D eigenvalue weighted by molar-refractivity contribution is 0.0292. The SMILES string of the molecule is CC(C)(C)OC(=O)N1CC[C@H](c2cccc(COc3ccc(Cl)cc3Cl)c2)C1. The Morgan fingerprint density at radius 1 is 1.18 bits per heavy atom. The second-order valence-corrected chi connectivity index (χ2v) is 8.86. The average Bonchev–Trinajstić information content (AvgIpc) is 3.10. The molecule has 0 aliphatic carbocycles. The molecule has 1 amide bonds. The van der Waals surface area contributed by atoms with E-state index in [1.165, 1.54) is 5.56 Å². The Morgan fingerprint density at radius 2 is 1.96 bits per heavy atom. The minimum Gasteiger partial charge on any atom is -0.487 e. The van der Waals surface area contributed by atoms with Crippen LogP contribution in [0.1, 0.15) is 44.2 Å². The molecule has 1 atom stereocenters. The largest absolute Gasteiger partial charge is 0.487 e. The van der Waals surface area contributed by atoms with Crippen LogP contribution in [0.25, 0.3) is 0 Å². The van der Waals surface area contributed by atoms with Crippen molar-refractivity contribution in [2.75, 3.05) is 13.1 Å². The van der Waals surface area contributed by atoms with Crippen LogP contribution < -0.4 is 4.74 Å². The number of amides is 1. The normalized spacial score (nSPS) is 16.9. The lowest BCUT2D eigenvalue weighted by Crippen LogP contribution is -2.35. The van der Waals surface area contributed by atoms with E-state index in [0.717, 1.165) is 12.0 Å². The highest BCUT2D eigenvalue weighted by Crippen LogP contribution is 2.30. The molecule has 0 unspecified atom stereocenters. The Morgan fingerprint density at radius 3 is 2.68 bits per heavy atom. The molecule has 0 saturated carbocycles. The summed E-state index contributed by atoms with van der Waals surface area (Å²) in [4.78, 5) is 14.1. The van der Waals surface area contributed by atoms with Crippen LogP contribution in [0.15, 0.2) is 42.5 Å². The third-order valence-corrected chi connectivity index (χ3v) is 5.08. The zero-order valence-corrected chi connectivity index (χ0v) is 17.9. The van der Waals surface area contributed by atoms with E-state index < -0.39 is 5.60 Å². The van der Waals surface area contributed by atoms with Crippen LogP contribution in [0.5, 0.6) is 5.75 Å². The van der Waals surface area contributed by atoms with Gasteiger partial charge in [0.1, 0.15) is 18.0 Å². The van der Waals surface area contributed by atoms with Gasteiger partial charge in [-0.15, -0.1) is 0 Å². The molecule has 6 heteroatoms. The number of ether oxygens (including phenoxy) is 2. The van der Waals surface area contributed by atoms with Gasteiger partial charge in [0.15, 0.2) is 0 Å². The Balaban J connectivity index is 1.61. The second-order valence-electron chi connectivity index (χ2n) is 8.02. The number of hydrogen-bond acceptors (Lipinski definition) is 3. The van der Waals surface area contributed by atoms with Gasteiger partial charge < -0.3 is 14.4 Å². The van der Waals surface area contributed by atoms with E-state index in [2.05, 4.69) is 12.1 Å². The maximum absolute atomic E-state index is 12.3. The summed E-state index contributed by atoms with van der Waals surface area (Å²) in [6.07, 6.45) is 0.680. The van der Waals surface area contributed by atoms with E-state index in [9.17, 15) is 4.79 Å². The number of carbonyl (C=O) groups is 1. The predicted molar refractivity (Wildman–Crippen MR) is 112 cm³/mol.